The second-order valence-corrected chi connectivity index (χ2v) is 8.49. The van der Waals surface area contributed by atoms with E-state index in [1.54, 1.807) is 0 Å². The lowest BCUT2D eigenvalue weighted by Gasteiger charge is -2.23. The number of amides is 1. The highest BCUT2D eigenvalue weighted by molar-refractivity contribution is 9.10. The molecule has 2 nitrogen and oxygen atoms in total. The van der Waals surface area contributed by atoms with Gasteiger partial charge in [-0.15, -0.1) is 12.6 Å². The third-order valence-corrected chi connectivity index (χ3v) is 5.65. The smallest absolute Gasteiger partial charge is 0.255 e. The summed E-state index contributed by atoms with van der Waals surface area (Å²) in [6.07, 6.45) is 1.03. The van der Waals surface area contributed by atoms with Gasteiger partial charge in [0.15, 0.2) is 0 Å². The standard InChI is InChI=1S/C14H18BrNOS2/c1-14(2)5-6-16(7-8-19-14)13(17)11-9-10(18)3-4-12(11)15/h3-4,9,18H,5-8H2,1-2H3. The fourth-order valence-electron chi connectivity index (χ4n) is 2.07. The lowest BCUT2D eigenvalue weighted by molar-refractivity contribution is 0.0763. The van der Waals surface area contributed by atoms with E-state index in [1.165, 1.54) is 0 Å². The predicted molar refractivity (Wildman–Crippen MR) is 88.5 cm³/mol. The van der Waals surface area contributed by atoms with Gasteiger partial charge in [-0.2, -0.15) is 11.8 Å². The normalized spacial score (nSPS) is 19.1. The van der Waals surface area contributed by atoms with Crippen LogP contribution >= 0.6 is 40.3 Å². The van der Waals surface area contributed by atoms with Crippen LogP contribution in [0.15, 0.2) is 27.6 Å². The van der Waals surface area contributed by atoms with Crippen molar-refractivity contribution in [3.8, 4) is 0 Å². The summed E-state index contributed by atoms with van der Waals surface area (Å²) in [6, 6.07) is 5.59. The van der Waals surface area contributed by atoms with Gasteiger partial charge in [0, 0.05) is 33.0 Å². The number of thioether (sulfide) groups is 1. The molecular weight excluding hydrogens is 342 g/mol. The Hall–Kier alpha value is -0.130. The molecule has 1 heterocycles. The average Bonchev–Trinajstić information content (AvgIpc) is 2.52. The van der Waals surface area contributed by atoms with E-state index in [0.29, 0.717) is 5.56 Å². The van der Waals surface area contributed by atoms with Crippen LogP contribution in [0.1, 0.15) is 30.6 Å². The fraction of sp³-hybridized carbons (Fsp3) is 0.500. The maximum atomic E-state index is 12.6. The van der Waals surface area contributed by atoms with Crippen molar-refractivity contribution in [1.29, 1.82) is 0 Å². The van der Waals surface area contributed by atoms with Gasteiger partial charge in [0.1, 0.15) is 0 Å². The third-order valence-electron chi connectivity index (χ3n) is 3.31. The molecule has 1 aliphatic rings. The van der Waals surface area contributed by atoms with Crippen molar-refractivity contribution in [2.75, 3.05) is 18.8 Å². The largest absolute Gasteiger partial charge is 0.338 e. The van der Waals surface area contributed by atoms with E-state index in [-0.39, 0.29) is 10.7 Å². The van der Waals surface area contributed by atoms with Gasteiger partial charge in [0.2, 0.25) is 0 Å². The molecule has 0 radical (unpaired) electrons. The monoisotopic (exact) mass is 359 g/mol. The topological polar surface area (TPSA) is 20.3 Å². The Labute approximate surface area is 132 Å². The molecule has 0 atom stereocenters. The first-order valence-electron chi connectivity index (χ1n) is 6.31. The van der Waals surface area contributed by atoms with E-state index in [0.717, 1.165) is 34.6 Å². The highest BCUT2D eigenvalue weighted by Gasteiger charge is 2.27. The van der Waals surface area contributed by atoms with Gasteiger partial charge >= 0.3 is 0 Å². The lowest BCUT2D eigenvalue weighted by atomic mass is 10.1. The Balaban J connectivity index is 2.17. The Morgan fingerprint density at radius 2 is 2.16 bits per heavy atom. The highest BCUT2D eigenvalue weighted by atomic mass is 79.9. The van der Waals surface area contributed by atoms with E-state index < -0.39 is 0 Å². The second kappa shape index (κ2) is 6.10. The zero-order chi connectivity index (χ0) is 14.0. The first kappa shape index (κ1) is 15.3. The van der Waals surface area contributed by atoms with Crippen LogP contribution in [0.5, 0.6) is 0 Å². The van der Waals surface area contributed by atoms with Crippen LogP contribution in [-0.4, -0.2) is 34.4 Å². The minimum absolute atomic E-state index is 0.0982. The Morgan fingerprint density at radius 3 is 2.89 bits per heavy atom. The molecule has 1 aliphatic heterocycles. The van der Waals surface area contributed by atoms with Crippen molar-refractivity contribution in [2.45, 2.75) is 29.9 Å². The maximum absolute atomic E-state index is 12.6. The Bertz CT molecular complexity index is 490. The van der Waals surface area contributed by atoms with Crippen LogP contribution in [0.2, 0.25) is 0 Å². The summed E-state index contributed by atoms with van der Waals surface area (Å²) in [5.74, 6) is 1.10. The molecule has 1 amide bonds. The number of hydrogen-bond acceptors (Lipinski definition) is 3. The minimum atomic E-state index is 0.0982. The summed E-state index contributed by atoms with van der Waals surface area (Å²) >= 11 is 9.71. The van der Waals surface area contributed by atoms with E-state index in [2.05, 4.69) is 42.4 Å². The maximum Gasteiger partial charge on any atom is 0.255 e. The minimum Gasteiger partial charge on any atom is -0.338 e. The number of halogens is 1. The number of nitrogens with zero attached hydrogens (tertiary/aromatic N) is 1. The molecule has 1 aromatic carbocycles. The van der Waals surface area contributed by atoms with Crippen LogP contribution in [0.3, 0.4) is 0 Å². The number of carbonyl (C=O) groups is 1. The molecule has 5 heteroatoms. The number of hydrogen-bond donors (Lipinski definition) is 1. The third kappa shape index (κ3) is 3.92. The van der Waals surface area contributed by atoms with Crippen LogP contribution in [0, 0.1) is 0 Å². The molecule has 104 valence electrons. The summed E-state index contributed by atoms with van der Waals surface area (Å²) in [5, 5.41) is 0. The Kier molecular flexibility index (Phi) is 4.90. The number of benzene rings is 1. The molecule has 0 aromatic heterocycles. The van der Waals surface area contributed by atoms with Crippen LogP contribution in [0.4, 0.5) is 0 Å². The summed E-state index contributed by atoms with van der Waals surface area (Å²) in [6.45, 7) is 6.13. The first-order valence-corrected chi connectivity index (χ1v) is 8.53. The molecule has 1 fully saturated rings. The van der Waals surface area contributed by atoms with Gasteiger partial charge in [-0.25, -0.2) is 0 Å². The van der Waals surface area contributed by atoms with Gasteiger partial charge in [-0.1, -0.05) is 13.8 Å². The van der Waals surface area contributed by atoms with Crippen molar-refractivity contribution < 1.29 is 4.79 Å². The zero-order valence-electron chi connectivity index (χ0n) is 11.1. The summed E-state index contributed by atoms with van der Waals surface area (Å²) < 4.78 is 1.10. The van der Waals surface area contributed by atoms with E-state index >= 15 is 0 Å². The summed E-state index contributed by atoms with van der Waals surface area (Å²) in [7, 11) is 0. The van der Waals surface area contributed by atoms with Gasteiger partial charge in [0.25, 0.3) is 5.91 Å². The van der Waals surface area contributed by atoms with Crippen LogP contribution < -0.4 is 0 Å². The SMILES string of the molecule is CC1(C)CCN(C(=O)c2cc(S)ccc2Br)CCS1. The predicted octanol–water partition coefficient (Wildman–Crippen LogP) is 4.10. The average molecular weight is 360 g/mol. The van der Waals surface area contributed by atoms with Crippen molar-refractivity contribution in [2.24, 2.45) is 0 Å². The molecule has 0 unspecified atom stereocenters. The van der Waals surface area contributed by atoms with Crippen LogP contribution in [-0.2, 0) is 0 Å². The molecular formula is C14H18BrNOS2. The number of rotatable bonds is 1. The van der Waals surface area contributed by atoms with E-state index in [1.807, 2.05) is 34.9 Å². The Morgan fingerprint density at radius 1 is 1.42 bits per heavy atom. The van der Waals surface area contributed by atoms with Crippen molar-refractivity contribution in [1.82, 2.24) is 4.90 Å². The first-order chi connectivity index (χ1) is 8.89. The molecule has 0 saturated carbocycles. The molecule has 0 aliphatic carbocycles. The van der Waals surface area contributed by atoms with Crippen molar-refractivity contribution >= 4 is 46.2 Å². The second-order valence-electron chi connectivity index (χ2n) is 5.31. The molecule has 0 spiro atoms. The molecule has 1 saturated heterocycles. The summed E-state index contributed by atoms with van der Waals surface area (Å²) in [4.78, 5) is 15.4. The molecule has 2 rings (SSSR count). The van der Waals surface area contributed by atoms with Crippen LogP contribution in [0.25, 0.3) is 0 Å². The van der Waals surface area contributed by atoms with Gasteiger partial charge in [-0.05, 0) is 40.5 Å². The number of thiol groups is 1. The fourth-order valence-corrected chi connectivity index (χ4v) is 3.79. The van der Waals surface area contributed by atoms with Crippen molar-refractivity contribution in [3.05, 3.63) is 28.2 Å². The molecule has 1 aromatic rings. The van der Waals surface area contributed by atoms with E-state index in [4.69, 9.17) is 0 Å². The molecule has 19 heavy (non-hydrogen) atoms. The quantitative estimate of drug-likeness (QED) is 0.761. The lowest BCUT2D eigenvalue weighted by Crippen LogP contribution is -2.33. The van der Waals surface area contributed by atoms with Gasteiger partial charge in [-0.3, -0.25) is 4.79 Å². The zero-order valence-corrected chi connectivity index (χ0v) is 14.4. The molecule has 0 N–H and O–H groups in total. The van der Waals surface area contributed by atoms with E-state index in [9.17, 15) is 4.79 Å². The van der Waals surface area contributed by atoms with Crippen molar-refractivity contribution in [3.63, 3.8) is 0 Å². The number of carbonyl (C=O) groups excluding carboxylic acids is 1. The molecule has 0 bridgehead atoms. The van der Waals surface area contributed by atoms with Gasteiger partial charge in [0.05, 0.1) is 5.56 Å². The van der Waals surface area contributed by atoms with Gasteiger partial charge < -0.3 is 4.90 Å². The summed E-state index contributed by atoms with van der Waals surface area (Å²) in [5.41, 5.74) is 0.706. The highest BCUT2D eigenvalue weighted by Crippen LogP contribution is 2.31.